The molecular weight excluding hydrogens is 489 g/mol. The molecule has 9 nitrogen and oxygen atoms in total. The predicted molar refractivity (Wildman–Crippen MR) is 132 cm³/mol. The van der Waals surface area contributed by atoms with Gasteiger partial charge in [0.1, 0.15) is 23.5 Å². The van der Waals surface area contributed by atoms with E-state index in [0.717, 1.165) is 28.9 Å². The minimum absolute atomic E-state index is 0.0171. The van der Waals surface area contributed by atoms with E-state index in [1.165, 1.54) is 19.5 Å². The Bertz CT molecular complexity index is 1410. The fourth-order valence-corrected chi connectivity index (χ4v) is 3.38. The lowest BCUT2D eigenvalue weighted by Crippen LogP contribution is -2.28. The van der Waals surface area contributed by atoms with Crippen LogP contribution in [0.3, 0.4) is 0 Å². The Morgan fingerprint density at radius 1 is 1.03 bits per heavy atom. The van der Waals surface area contributed by atoms with E-state index in [1.807, 2.05) is 37.2 Å². The summed E-state index contributed by atoms with van der Waals surface area (Å²) in [6.45, 7) is -0.0171. The largest absolute Gasteiger partial charge is 0.494 e. The van der Waals surface area contributed by atoms with Crippen molar-refractivity contribution in [3.05, 3.63) is 72.3 Å². The van der Waals surface area contributed by atoms with E-state index in [0.29, 0.717) is 28.6 Å². The van der Waals surface area contributed by atoms with Crippen molar-refractivity contribution in [2.45, 2.75) is 12.7 Å². The number of aromatic nitrogens is 3. The van der Waals surface area contributed by atoms with E-state index >= 15 is 0 Å². The van der Waals surface area contributed by atoms with Gasteiger partial charge in [-0.15, -0.1) is 0 Å². The standard InChI is InChI=1S/C25H23F3N6O3/c1-34(2)16-5-7-18-20(10-16)31-14-32-23(18)37-17-6-8-19(21(11-17)36-3)33-24(35)30-13-15-4-9-22(29-12-15)25(26,27)28/h4-12,14H,13H2,1-3H3,(H2,30,33,35). The fraction of sp³-hybridized carbons (Fsp3) is 0.200. The highest BCUT2D eigenvalue weighted by atomic mass is 19.4. The van der Waals surface area contributed by atoms with Crippen LogP contribution in [0.5, 0.6) is 17.4 Å². The lowest BCUT2D eigenvalue weighted by Gasteiger charge is -2.15. The maximum absolute atomic E-state index is 12.6. The van der Waals surface area contributed by atoms with Crippen LogP contribution in [0.25, 0.3) is 10.9 Å². The van der Waals surface area contributed by atoms with Crippen molar-refractivity contribution in [3.63, 3.8) is 0 Å². The van der Waals surface area contributed by atoms with Crippen LogP contribution in [0, 0.1) is 0 Å². The average Bonchev–Trinajstić information content (AvgIpc) is 2.88. The molecule has 37 heavy (non-hydrogen) atoms. The van der Waals surface area contributed by atoms with Crippen molar-refractivity contribution in [1.82, 2.24) is 20.3 Å². The molecule has 0 fully saturated rings. The number of ether oxygens (including phenoxy) is 2. The van der Waals surface area contributed by atoms with Crippen LogP contribution < -0.4 is 25.0 Å². The smallest absolute Gasteiger partial charge is 0.433 e. The molecular formula is C25H23F3N6O3. The number of urea groups is 1. The van der Waals surface area contributed by atoms with Crippen LogP contribution >= 0.6 is 0 Å². The van der Waals surface area contributed by atoms with Crippen LogP contribution in [0.1, 0.15) is 11.3 Å². The summed E-state index contributed by atoms with van der Waals surface area (Å²) in [7, 11) is 5.32. The van der Waals surface area contributed by atoms with Gasteiger partial charge in [-0.1, -0.05) is 6.07 Å². The van der Waals surface area contributed by atoms with E-state index in [-0.39, 0.29) is 6.54 Å². The van der Waals surface area contributed by atoms with Gasteiger partial charge in [-0.3, -0.25) is 4.98 Å². The Kier molecular flexibility index (Phi) is 7.27. The summed E-state index contributed by atoms with van der Waals surface area (Å²) >= 11 is 0. The third kappa shape index (κ3) is 6.15. The second-order valence-electron chi connectivity index (χ2n) is 8.10. The molecule has 0 saturated heterocycles. The minimum Gasteiger partial charge on any atom is -0.494 e. The van der Waals surface area contributed by atoms with Gasteiger partial charge in [-0.2, -0.15) is 13.2 Å². The second-order valence-corrected chi connectivity index (χ2v) is 8.10. The van der Waals surface area contributed by atoms with Crippen molar-refractivity contribution in [1.29, 1.82) is 0 Å². The van der Waals surface area contributed by atoms with E-state index in [1.54, 1.807) is 18.2 Å². The number of hydrogen-bond acceptors (Lipinski definition) is 7. The molecule has 4 aromatic rings. The van der Waals surface area contributed by atoms with E-state index in [4.69, 9.17) is 9.47 Å². The topological polar surface area (TPSA) is 102 Å². The molecule has 0 radical (unpaired) electrons. The lowest BCUT2D eigenvalue weighted by atomic mass is 10.2. The summed E-state index contributed by atoms with van der Waals surface area (Å²) in [4.78, 5) is 26.2. The normalized spacial score (nSPS) is 11.2. The molecule has 0 atom stereocenters. The molecule has 2 amide bonds. The fourth-order valence-electron chi connectivity index (χ4n) is 3.38. The number of carbonyl (C=O) groups is 1. The van der Waals surface area contributed by atoms with Gasteiger partial charge in [0.05, 0.1) is 23.7 Å². The number of fused-ring (bicyclic) bond motifs is 1. The molecule has 12 heteroatoms. The first-order chi connectivity index (χ1) is 17.6. The number of hydrogen-bond donors (Lipinski definition) is 2. The van der Waals surface area contributed by atoms with Gasteiger partial charge in [0.15, 0.2) is 0 Å². The quantitative estimate of drug-likeness (QED) is 0.350. The number of halogens is 3. The summed E-state index contributed by atoms with van der Waals surface area (Å²) in [6, 6.07) is 12.1. The number of anilines is 2. The molecule has 0 aliphatic heterocycles. The molecule has 0 saturated carbocycles. The summed E-state index contributed by atoms with van der Waals surface area (Å²) in [5, 5.41) is 5.94. The molecule has 0 bridgehead atoms. The molecule has 0 spiro atoms. The molecule has 2 aromatic carbocycles. The molecule has 2 N–H and O–H groups in total. The highest BCUT2D eigenvalue weighted by molar-refractivity contribution is 5.91. The zero-order chi connectivity index (χ0) is 26.6. The number of alkyl halides is 3. The molecule has 0 aliphatic rings. The first kappa shape index (κ1) is 25.5. The van der Waals surface area contributed by atoms with Crippen molar-refractivity contribution in [2.24, 2.45) is 0 Å². The Balaban J connectivity index is 1.43. The van der Waals surface area contributed by atoms with Gasteiger partial charge in [-0.25, -0.2) is 14.8 Å². The number of pyridine rings is 1. The summed E-state index contributed by atoms with van der Waals surface area (Å²) < 4.78 is 49.3. The van der Waals surface area contributed by atoms with Gasteiger partial charge in [0.2, 0.25) is 5.88 Å². The Morgan fingerprint density at radius 3 is 2.51 bits per heavy atom. The Labute approximate surface area is 210 Å². The first-order valence-corrected chi connectivity index (χ1v) is 11.0. The predicted octanol–water partition coefficient (Wildman–Crippen LogP) is 5.23. The zero-order valence-electron chi connectivity index (χ0n) is 20.1. The van der Waals surface area contributed by atoms with Crippen molar-refractivity contribution in [3.8, 4) is 17.4 Å². The first-order valence-electron chi connectivity index (χ1n) is 11.0. The third-order valence-electron chi connectivity index (χ3n) is 5.30. The number of rotatable bonds is 7. The van der Waals surface area contributed by atoms with Gasteiger partial charge in [-0.05, 0) is 42.0 Å². The van der Waals surface area contributed by atoms with Crippen LogP contribution in [-0.2, 0) is 12.7 Å². The molecule has 4 rings (SSSR count). The maximum Gasteiger partial charge on any atom is 0.433 e. The number of nitrogens with zero attached hydrogens (tertiary/aromatic N) is 4. The molecule has 2 aromatic heterocycles. The molecule has 2 heterocycles. The lowest BCUT2D eigenvalue weighted by molar-refractivity contribution is -0.141. The number of benzene rings is 2. The number of carbonyl (C=O) groups excluding carboxylic acids is 1. The van der Waals surface area contributed by atoms with Gasteiger partial charge < -0.3 is 25.0 Å². The van der Waals surface area contributed by atoms with Gasteiger partial charge in [0.25, 0.3) is 0 Å². The summed E-state index contributed by atoms with van der Waals surface area (Å²) in [5.74, 6) is 1.12. The van der Waals surface area contributed by atoms with Crippen LogP contribution in [0.2, 0.25) is 0 Å². The highest BCUT2D eigenvalue weighted by Gasteiger charge is 2.32. The molecule has 0 aliphatic carbocycles. The maximum atomic E-state index is 12.6. The van der Waals surface area contributed by atoms with E-state index in [2.05, 4.69) is 25.6 Å². The van der Waals surface area contributed by atoms with Gasteiger partial charge in [0, 0.05) is 38.6 Å². The monoisotopic (exact) mass is 512 g/mol. The number of nitrogens with one attached hydrogen (secondary N) is 2. The number of methoxy groups -OCH3 is 1. The van der Waals surface area contributed by atoms with Crippen LogP contribution in [-0.4, -0.2) is 42.2 Å². The summed E-state index contributed by atoms with van der Waals surface area (Å²) in [6.07, 6.45) is -2.04. The number of amides is 2. The SMILES string of the molecule is COc1cc(Oc2ncnc3cc(N(C)C)ccc23)ccc1NC(=O)NCc1ccc(C(F)(F)F)nc1. The van der Waals surface area contributed by atoms with Crippen LogP contribution in [0.15, 0.2) is 61.1 Å². The highest BCUT2D eigenvalue weighted by Crippen LogP contribution is 2.34. The molecule has 0 unspecified atom stereocenters. The Hall–Kier alpha value is -4.61. The minimum atomic E-state index is -4.52. The average molecular weight is 512 g/mol. The third-order valence-corrected chi connectivity index (χ3v) is 5.30. The summed E-state index contributed by atoms with van der Waals surface area (Å²) in [5.41, 5.74) is 1.49. The Morgan fingerprint density at radius 2 is 1.84 bits per heavy atom. The van der Waals surface area contributed by atoms with Crippen molar-refractivity contribution >= 4 is 28.3 Å². The van der Waals surface area contributed by atoms with Crippen molar-refractivity contribution < 1.29 is 27.4 Å². The van der Waals surface area contributed by atoms with Gasteiger partial charge >= 0.3 is 12.2 Å². The zero-order valence-corrected chi connectivity index (χ0v) is 20.1. The molecule has 192 valence electrons. The van der Waals surface area contributed by atoms with E-state index in [9.17, 15) is 18.0 Å². The van der Waals surface area contributed by atoms with Crippen molar-refractivity contribution in [2.75, 3.05) is 31.4 Å². The second kappa shape index (κ2) is 10.6. The van der Waals surface area contributed by atoms with Crippen LogP contribution in [0.4, 0.5) is 29.3 Å². The van der Waals surface area contributed by atoms with E-state index < -0.39 is 17.9 Å².